The lowest BCUT2D eigenvalue weighted by atomic mass is 9.85. The molecular weight excluding hydrogens is 441 g/mol. The van der Waals surface area contributed by atoms with E-state index in [0.717, 1.165) is 32.1 Å². The zero-order chi connectivity index (χ0) is 24.4. The number of nitrogens with zero attached hydrogens (tertiary/aromatic N) is 3. The average molecular weight is 474 g/mol. The van der Waals surface area contributed by atoms with Crippen LogP contribution in [0, 0.1) is 11.7 Å². The van der Waals surface area contributed by atoms with E-state index in [2.05, 4.69) is 0 Å². The van der Waals surface area contributed by atoms with E-state index in [9.17, 15) is 23.9 Å². The van der Waals surface area contributed by atoms with Crippen molar-refractivity contribution in [3.63, 3.8) is 0 Å². The maximum absolute atomic E-state index is 13.4. The smallest absolute Gasteiger partial charge is 0.264 e. The Labute approximate surface area is 198 Å². The van der Waals surface area contributed by atoms with E-state index < -0.39 is 35.8 Å². The first-order chi connectivity index (χ1) is 16.3. The molecule has 2 atom stereocenters. The summed E-state index contributed by atoms with van der Waals surface area (Å²) in [6.07, 6.45) is 3.85. The first-order valence-electron chi connectivity index (χ1n) is 11.8. The van der Waals surface area contributed by atoms with Crippen LogP contribution in [0.1, 0.15) is 44.1 Å². The molecule has 1 saturated heterocycles. The second-order valence-electron chi connectivity index (χ2n) is 9.42. The van der Waals surface area contributed by atoms with Gasteiger partial charge in [-0.3, -0.25) is 24.2 Å². The molecule has 0 radical (unpaired) electrons. The van der Waals surface area contributed by atoms with Crippen LogP contribution in [-0.2, 0) is 20.9 Å². The predicted molar refractivity (Wildman–Crippen MR) is 122 cm³/mol. The number of hydrogen-bond donors (Lipinski definition) is 3. The maximum Gasteiger partial charge on any atom is 0.264 e. The molecule has 1 saturated carbocycles. The minimum absolute atomic E-state index is 0.0894. The molecule has 1 aliphatic carbocycles. The van der Waals surface area contributed by atoms with E-state index in [-0.39, 0.29) is 30.4 Å². The third-order valence-corrected chi connectivity index (χ3v) is 7.11. The van der Waals surface area contributed by atoms with Gasteiger partial charge in [-0.15, -0.1) is 0 Å². The van der Waals surface area contributed by atoms with E-state index >= 15 is 0 Å². The van der Waals surface area contributed by atoms with Crippen molar-refractivity contribution in [2.75, 3.05) is 19.6 Å². The number of halogens is 1. The van der Waals surface area contributed by atoms with Crippen LogP contribution < -0.4 is 11.5 Å². The molecule has 4 rings (SSSR count). The van der Waals surface area contributed by atoms with Crippen molar-refractivity contribution in [3.05, 3.63) is 47.0 Å². The Hall–Kier alpha value is -2.98. The van der Waals surface area contributed by atoms with Crippen LogP contribution in [-0.4, -0.2) is 69.4 Å². The van der Waals surface area contributed by atoms with Gasteiger partial charge in [0.2, 0.25) is 12.3 Å². The molecule has 5 N–H and O–H groups in total. The summed E-state index contributed by atoms with van der Waals surface area (Å²) in [4.78, 5) is 43.0. The van der Waals surface area contributed by atoms with Crippen molar-refractivity contribution < 1.29 is 23.9 Å². The van der Waals surface area contributed by atoms with Crippen LogP contribution in [0.3, 0.4) is 0 Å². The SMILES string of the molecule is NC(=O)C1CCCCN1CC(=O)C1=C(N)N(Cc2ccc(F)cc2)C(O)N(CC2CCC2)C1=O. The number of carbonyl (C=O) groups excluding carboxylic acids is 3. The molecule has 2 fully saturated rings. The lowest BCUT2D eigenvalue weighted by Gasteiger charge is -2.44. The van der Waals surface area contributed by atoms with Crippen molar-refractivity contribution in [2.45, 2.75) is 57.5 Å². The van der Waals surface area contributed by atoms with Gasteiger partial charge in [0.15, 0.2) is 5.78 Å². The molecule has 34 heavy (non-hydrogen) atoms. The molecule has 0 spiro atoms. The van der Waals surface area contributed by atoms with Crippen LogP contribution in [0.5, 0.6) is 0 Å². The first kappa shape index (κ1) is 24.2. The Kier molecular flexibility index (Phi) is 7.18. The fraction of sp³-hybridized carbons (Fsp3) is 0.542. The fourth-order valence-corrected chi connectivity index (χ4v) is 4.91. The number of benzene rings is 1. The monoisotopic (exact) mass is 473 g/mol. The van der Waals surface area contributed by atoms with E-state index in [1.54, 1.807) is 17.0 Å². The van der Waals surface area contributed by atoms with Crippen molar-refractivity contribution in [2.24, 2.45) is 17.4 Å². The topological polar surface area (TPSA) is 133 Å². The Bertz CT molecular complexity index is 978. The highest BCUT2D eigenvalue weighted by Gasteiger charge is 2.42. The van der Waals surface area contributed by atoms with Crippen molar-refractivity contribution in [3.8, 4) is 0 Å². The fourth-order valence-electron chi connectivity index (χ4n) is 4.91. The molecular formula is C24H32FN5O4. The summed E-state index contributed by atoms with van der Waals surface area (Å²) in [5.74, 6) is -1.87. The summed E-state index contributed by atoms with van der Waals surface area (Å²) >= 11 is 0. The summed E-state index contributed by atoms with van der Waals surface area (Å²) in [6, 6.07) is 5.17. The largest absolute Gasteiger partial charge is 0.384 e. The molecule has 1 aromatic rings. The summed E-state index contributed by atoms with van der Waals surface area (Å²) in [5.41, 5.74) is 12.3. The molecule has 2 aliphatic heterocycles. The maximum atomic E-state index is 13.4. The number of hydrogen-bond acceptors (Lipinski definition) is 7. The molecule has 2 unspecified atom stereocenters. The molecule has 10 heteroatoms. The van der Waals surface area contributed by atoms with E-state index in [1.807, 2.05) is 0 Å². The summed E-state index contributed by atoms with van der Waals surface area (Å²) in [6.45, 7) is 0.769. The molecule has 2 amide bonds. The standard InChI is InChI=1S/C24H32FN5O4/c25-17-9-7-16(8-10-17)12-29-21(26)20(23(33)30(24(29)34)13-15-4-3-5-15)19(31)14-28-11-2-1-6-18(28)22(27)32/h7-10,15,18,24,34H,1-6,11-14,26H2,(H2,27,32). The van der Waals surface area contributed by atoms with Gasteiger partial charge in [-0.05, 0) is 55.8 Å². The van der Waals surface area contributed by atoms with E-state index in [1.165, 1.54) is 21.9 Å². The number of ketones is 1. The number of nitrogens with two attached hydrogens (primary N) is 2. The average Bonchev–Trinajstić information content (AvgIpc) is 2.77. The van der Waals surface area contributed by atoms with Crippen molar-refractivity contribution >= 4 is 17.6 Å². The summed E-state index contributed by atoms with van der Waals surface area (Å²) < 4.78 is 13.4. The first-order valence-corrected chi connectivity index (χ1v) is 11.8. The number of primary amides is 1. The quantitative estimate of drug-likeness (QED) is 0.472. The van der Waals surface area contributed by atoms with Gasteiger partial charge in [-0.25, -0.2) is 4.39 Å². The molecule has 2 heterocycles. The van der Waals surface area contributed by atoms with E-state index in [4.69, 9.17) is 11.5 Å². The normalized spacial score (nSPS) is 24.4. The number of amides is 2. The van der Waals surface area contributed by atoms with Gasteiger partial charge in [-0.1, -0.05) is 25.0 Å². The lowest BCUT2D eigenvalue weighted by Crippen LogP contribution is -2.59. The lowest BCUT2D eigenvalue weighted by molar-refractivity contribution is -0.161. The molecule has 0 aromatic heterocycles. The highest BCUT2D eigenvalue weighted by atomic mass is 19.1. The minimum Gasteiger partial charge on any atom is -0.384 e. The molecule has 1 aromatic carbocycles. The van der Waals surface area contributed by atoms with Gasteiger partial charge in [0.1, 0.15) is 17.2 Å². The van der Waals surface area contributed by atoms with Crippen molar-refractivity contribution in [1.82, 2.24) is 14.7 Å². The Morgan fingerprint density at radius 2 is 1.76 bits per heavy atom. The number of carbonyl (C=O) groups is 3. The molecule has 9 nitrogen and oxygen atoms in total. The van der Waals surface area contributed by atoms with Gasteiger partial charge in [0.25, 0.3) is 5.91 Å². The van der Waals surface area contributed by atoms with Gasteiger partial charge in [0.05, 0.1) is 12.6 Å². The third kappa shape index (κ3) is 4.92. The van der Waals surface area contributed by atoms with Crippen molar-refractivity contribution in [1.29, 1.82) is 0 Å². The number of piperidine rings is 1. The van der Waals surface area contributed by atoms with Gasteiger partial charge >= 0.3 is 0 Å². The van der Waals surface area contributed by atoms with Crippen LogP contribution in [0.2, 0.25) is 0 Å². The number of Topliss-reactive ketones (excluding diaryl/α,β-unsaturated/α-hetero) is 1. The Morgan fingerprint density at radius 1 is 1.06 bits per heavy atom. The highest BCUT2D eigenvalue weighted by molar-refractivity contribution is 6.21. The second-order valence-corrected chi connectivity index (χ2v) is 9.42. The molecule has 184 valence electrons. The van der Waals surface area contributed by atoms with Crippen LogP contribution >= 0.6 is 0 Å². The molecule has 0 bridgehead atoms. The summed E-state index contributed by atoms with van der Waals surface area (Å²) in [7, 11) is 0. The van der Waals surface area contributed by atoms with Crippen LogP contribution in [0.15, 0.2) is 35.7 Å². The Balaban J connectivity index is 1.62. The third-order valence-electron chi connectivity index (χ3n) is 7.11. The zero-order valence-electron chi connectivity index (χ0n) is 19.2. The predicted octanol–water partition coefficient (Wildman–Crippen LogP) is 0.625. The molecule has 3 aliphatic rings. The van der Waals surface area contributed by atoms with Crippen LogP contribution in [0.25, 0.3) is 0 Å². The Morgan fingerprint density at radius 3 is 2.38 bits per heavy atom. The van der Waals surface area contributed by atoms with Gasteiger partial charge in [0, 0.05) is 13.1 Å². The number of rotatable bonds is 8. The van der Waals surface area contributed by atoms with Crippen LogP contribution in [0.4, 0.5) is 4.39 Å². The van der Waals surface area contributed by atoms with Gasteiger partial charge in [-0.2, -0.15) is 0 Å². The van der Waals surface area contributed by atoms with E-state index in [0.29, 0.717) is 25.1 Å². The van der Waals surface area contributed by atoms with Gasteiger partial charge < -0.3 is 21.5 Å². The minimum atomic E-state index is -1.34. The number of likely N-dealkylation sites (tertiary alicyclic amines) is 1. The highest BCUT2D eigenvalue weighted by Crippen LogP contribution is 2.31. The summed E-state index contributed by atoms with van der Waals surface area (Å²) in [5, 5.41) is 11.0. The zero-order valence-corrected chi connectivity index (χ0v) is 19.2. The number of aliphatic hydroxyl groups is 1. The number of aliphatic hydroxyl groups excluding tert-OH is 1. The second kappa shape index (κ2) is 10.1.